The van der Waals surface area contributed by atoms with Gasteiger partial charge in [0.1, 0.15) is 0 Å². The van der Waals surface area contributed by atoms with Gasteiger partial charge in [0, 0.05) is 31.2 Å². The molecule has 2 nitrogen and oxygen atoms in total. The maximum atomic E-state index is 8.77. The van der Waals surface area contributed by atoms with E-state index < -0.39 is 0 Å². The first-order chi connectivity index (χ1) is 6.83. The Labute approximate surface area is 92.1 Å². The lowest BCUT2D eigenvalue weighted by atomic mass is 10.0. The van der Waals surface area contributed by atoms with E-state index in [2.05, 4.69) is 23.6 Å². The number of hydrogen-bond acceptors (Lipinski definition) is 3. The number of thioether (sulfide) groups is 1. The Morgan fingerprint density at radius 2 is 2.00 bits per heavy atom. The zero-order valence-corrected chi connectivity index (χ0v) is 10.1. The highest BCUT2D eigenvalue weighted by molar-refractivity contribution is 7.99. The van der Waals surface area contributed by atoms with Crippen LogP contribution in [0.5, 0.6) is 0 Å². The van der Waals surface area contributed by atoms with Crippen molar-refractivity contribution in [3.63, 3.8) is 0 Å². The predicted octanol–water partition coefficient (Wildman–Crippen LogP) is 1.83. The van der Waals surface area contributed by atoms with Crippen LogP contribution in [0.3, 0.4) is 0 Å². The highest BCUT2D eigenvalue weighted by Crippen LogP contribution is 2.13. The van der Waals surface area contributed by atoms with Crippen molar-refractivity contribution in [3.05, 3.63) is 0 Å². The molecule has 0 spiro atoms. The van der Waals surface area contributed by atoms with Crippen molar-refractivity contribution in [2.45, 2.75) is 26.2 Å². The molecule has 0 bridgehead atoms. The number of rotatable bonds is 6. The fraction of sp³-hybridized carbons (Fsp3) is 1.00. The van der Waals surface area contributed by atoms with Crippen molar-refractivity contribution in [2.24, 2.45) is 5.92 Å². The topological polar surface area (TPSA) is 23.5 Å². The molecule has 1 fully saturated rings. The predicted molar refractivity (Wildman–Crippen MR) is 63.9 cm³/mol. The van der Waals surface area contributed by atoms with Crippen LogP contribution < -0.4 is 0 Å². The fourth-order valence-electron chi connectivity index (χ4n) is 1.85. The zero-order chi connectivity index (χ0) is 10.2. The van der Waals surface area contributed by atoms with Crippen LogP contribution in [-0.4, -0.2) is 47.8 Å². The lowest BCUT2D eigenvalue weighted by Gasteiger charge is -2.26. The first-order valence-electron chi connectivity index (χ1n) is 5.74. The normalized spacial score (nSPS) is 21.0. The van der Waals surface area contributed by atoms with Crippen molar-refractivity contribution in [3.8, 4) is 0 Å². The second-order valence-corrected chi connectivity index (χ2v) is 5.44. The Balaban J connectivity index is 1.96. The molecule has 1 unspecified atom stereocenters. The van der Waals surface area contributed by atoms with E-state index in [9.17, 15) is 0 Å². The van der Waals surface area contributed by atoms with Gasteiger partial charge in [0.25, 0.3) is 0 Å². The van der Waals surface area contributed by atoms with Crippen molar-refractivity contribution >= 4 is 11.8 Å². The summed E-state index contributed by atoms with van der Waals surface area (Å²) < 4.78 is 0. The molecule has 84 valence electrons. The third kappa shape index (κ3) is 5.23. The minimum atomic E-state index is 0.349. The van der Waals surface area contributed by atoms with Crippen molar-refractivity contribution < 1.29 is 5.11 Å². The van der Waals surface area contributed by atoms with E-state index in [-0.39, 0.29) is 0 Å². The molecule has 3 heteroatoms. The summed E-state index contributed by atoms with van der Waals surface area (Å²) >= 11 is 2.07. The fourth-order valence-corrected chi connectivity index (χ4v) is 2.83. The summed E-state index contributed by atoms with van der Waals surface area (Å²) in [5.41, 5.74) is 0. The van der Waals surface area contributed by atoms with E-state index >= 15 is 0 Å². The number of aliphatic hydroxyl groups excluding tert-OH is 1. The van der Waals surface area contributed by atoms with Crippen LogP contribution in [0.15, 0.2) is 0 Å². The molecule has 0 radical (unpaired) electrons. The molecule has 0 saturated carbocycles. The van der Waals surface area contributed by atoms with E-state index in [1.807, 2.05) is 0 Å². The van der Waals surface area contributed by atoms with Gasteiger partial charge < -0.3 is 10.0 Å². The molecular weight excluding hydrogens is 194 g/mol. The average Bonchev–Trinajstić information content (AvgIpc) is 2.20. The van der Waals surface area contributed by atoms with Gasteiger partial charge in [0.05, 0.1) is 0 Å². The molecule has 0 aromatic carbocycles. The van der Waals surface area contributed by atoms with Crippen LogP contribution >= 0.6 is 11.8 Å². The Kier molecular flexibility index (Phi) is 6.65. The van der Waals surface area contributed by atoms with Gasteiger partial charge in [-0.15, -0.1) is 0 Å². The van der Waals surface area contributed by atoms with Gasteiger partial charge >= 0.3 is 0 Å². The lowest BCUT2D eigenvalue weighted by Crippen LogP contribution is -2.33. The first-order valence-corrected chi connectivity index (χ1v) is 6.89. The number of hydrogen-bond donors (Lipinski definition) is 1. The summed E-state index contributed by atoms with van der Waals surface area (Å²) in [4.78, 5) is 2.57. The average molecular weight is 217 g/mol. The smallest absolute Gasteiger partial charge is 0.0433 e. The summed E-state index contributed by atoms with van der Waals surface area (Å²) in [7, 11) is 0. The Hall–Kier alpha value is 0.270. The molecule has 1 saturated heterocycles. The van der Waals surface area contributed by atoms with Crippen molar-refractivity contribution in [1.82, 2.24) is 4.90 Å². The van der Waals surface area contributed by atoms with Gasteiger partial charge in [-0.05, 0) is 31.7 Å². The van der Waals surface area contributed by atoms with E-state index in [1.54, 1.807) is 0 Å². The molecule has 0 amide bonds. The van der Waals surface area contributed by atoms with Crippen molar-refractivity contribution in [1.29, 1.82) is 0 Å². The lowest BCUT2D eigenvalue weighted by molar-refractivity contribution is 0.246. The summed E-state index contributed by atoms with van der Waals surface area (Å²) in [6, 6.07) is 0. The van der Waals surface area contributed by atoms with Gasteiger partial charge in [-0.3, -0.25) is 0 Å². The Bertz CT molecular complexity index is 137. The molecule has 1 aliphatic rings. The van der Waals surface area contributed by atoms with Crippen LogP contribution in [0, 0.1) is 5.92 Å². The Morgan fingerprint density at radius 1 is 1.29 bits per heavy atom. The van der Waals surface area contributed by atoms with Crippen LogP contribution in [0.1, 0.15) is 26.2 Å². The SMILES string of the molecule is CC(CCO)CCCN1CCSCC1. The molecule has 1 atom stereocenters. The highest BCUT2D eigenvalue weighted by atomic mass is 32.2. The summed E-state index contributed by atoms with van der Waals surface area (Å²) in [5, 5.41) is 8.77. The summed E-state index contributed by atoms with van der Waals surface area (Å²) in [5.74, 6) is 3.32. The molecule has 1 heterocycles. The maximum Gasteiger partial charge on any atom is 0.0433 e. The number of aliphatic hydroxyl groups is 1. The third-order valence-electron chi connectivity index (χ3n) is 2.90. The molecule has 1 N–H and O–H groups in total. The van der Waals surface area contributed by atoms with Crippen LogP contribution in [-0.2, 0) is 0 Å². The molecule has 0 aliphatic carbocycles. The van der Waals surface area contributed by atoms with E-state index in [0.717, 1.165) is 6.42 Å². The largest absolute Gasteiger partial charge is 0.396 e. The second kappa shape index (κ2) is 7.55. The minimum absolute atomic E-state index is 0.349. The van der Waals surface area contributed by atoms with Gasteiger partial charge in [-0.1, -0.05) is 6.92 Å². The monoisotopic (exact) mass is 217 g/mol. The molecule has 0 aromatic rings. The summed E-state index contributed by atoms with van der Waals surface area (Å²) in [6.45, 7) is 6.40. The molecule has 1 aliphatic heterocycles. The van der Waals surface area contributed by atoms with Crippen LogP contribution in [0.2, 0.25) is 0 Å². The van der Waals surface area contributed by atoms with Crippen molar-refractivity contribution in [2.75, 3.05) is 37.7 Å². The molecule has 1 rings (SSSR count). The van der Waals surface area contributed by atoms with Gasteiger partial charge in [-0.25, -0.2) is 0 Å². The summed E-state index contributed by atoms with van der Waals surface area (Å²) in [6.07, 6.45) is 3.53. The minimum Gasteiger partial charge on any atom is -0.396 e. The van der Waals surface area contributed by atoms with Gasteiger partial charge in [0.2, 0.25) is 0 Å². The standard InChI is InChI=1S/C11H23NOS/c1-11(4-8-13)3-2-5-12-6-9-14-10-7-12/h11,13H,2-10H2,1H3. The molecular formula is C11H23NOS. The second-order valence-electron chi connectivity index (χ2n) is 4.21. The van der Waals surface area contributed by atoms with E-state index in [4.69, 9.17) is 5.11 Å². The number of nitrogens with zero attached hydrogens (tertiary/aromatic N) is 1. The van der Waals surface area contributed by atoms with Gasteiger partial charge in [0.15, 0.2) is 0 Å². The molecule has 14 heavy (non-hydrogen) atoms. The highest BCUT2D eigenvalue weighted by Gasteiger charge is 2.10. The maximum absolute atomic E-state index is 8.77. The first kappa shape index (κ1) is 12.3. The van der Waals surface area contributed by atoms with E-state index in [1.165, 1.54) is 44.0 Å². The zero-order valence-electron chi connectivity index (χ0n) is 9.24. The quantitative estimate of drug-likeness (QED) is 0.734. The van der Waals surface area contributed by atoms with Crippen LogP contribution in [0.25, 0.3) is 0 Å². The Morgan fingerprint density at radius 3 is 2.64 bits per heavy atom. The van der Waals surface area contributed by atoms with Crippen LogP contribution in [0.4, 0.5) is 0 Å². The van der Waals surface area contributed by atoms with E-state index in [0.29, 0.717) is 12.5 Å². The third-order valence-corrected chi connectivity index (χ3v) is 3.84. The van der Waals surface area contributed by atoms with Gasteiger partial charge in [-0.2, -0.15) is 11.8 Å². The molecule has 0 aromatic heterocycles.